The van der Waals surface area contributed by atoms with Crippen LogP contribution in [-0.4, -0.2) is 34.4 Å². The van der Waals surface area contributed by atoms with E-state index in [1.807, 2.05) is 0 Å². The van der Waals surface area contributed by atoms with Crippen LogP contribution < -0.4 is 22.1 Å². The monoisotopic (exact) mass is 278 g/mol. The molecule has 20 heavy (non-hydrogen) atoms. The lowest BCUT2D eigenvalue weighted by molar-refractivity contribution is -0.119. The normalized spacial score (nSPS) is 18.1. The molecule has 2 aromatic rings. The molecule has 3 nitrogen and oxygen atoms in total. The molecule has 0 fully saturated rings. The zero-order valence-electron chi connectivity index (χ0n) is 10.8. The summed E-state index contributed by atoms with van der Waals surface area (Å²) in [5.41, 5.74) is 8.89. The van der Waals surface area contributed by atoms with Crippen molar-refractivity contribution in [1.82, 2.24) is 4.98 Å². The molecule has 1 aliphatic carbocycles. The Labute approximate surface area is 125 Å². The molecule has 1 aliphatic rings. The fraction of sp³-hybridized carbons (Fsp3) is 0.308. The minimum atomic E-state index is -0.353. The van der Waals surface area contributed by atoms with Gasteiger partial charge in [-0.05, 0) is 30.2 Å². The molecule has 1 aromatic carbocycles. The second kappa shape index (κ2) is 4.62. The van der Waals surface area contributed by atoms with E-state index in [0.29, 0.717) is 16.4 Å². The molecule has 0 saturated carbocycles. The standard InChI is InChI=1S/C13H10B3ClN2O/c14-7-6-4-2-1-3-5(13(18)20)11(4)19-12(6)9(16)8(15)10(7)17/h5,19H,1-3H2,(H2,18,20). The Morgan fingerprint density at radius 3 is 2.60 bits per heavy atom. The molecule has 1 amide bonds. The lowest BCUT2D eigenvalue weighted by Crippen LogP contribution is -2.33. The molecule has 0 bridgehead atoms. The number of rotatable bonds is 1. The topological polar surface area (TPSA) is 58.9 Å². The molecule has 1 atom stereocenters. The maximum absolute atomic E-state index is 11.6. The van der Waals surface area contributed by atoms with Crippen molar-refractivity contribution in [2.75, 3.05) is 0 Å². The molecular formula is C13H10B3ClN2O. The van der Waals surface area contributed by atoms with Gasteiger partial charge < -0.3 is 10.7 Å². The van der Waals surface area contributed by atoms with E-state index in [9.17, 15) is 4.79 Å². The van der Waals surface area contributed by atoms with Gasteiger partial charge in [-0.15, -0.1) is 0 Å². The lowest BCUT2D eigenvalue weighted by atomic mass is 9.74. The molecule has 7 heteroatoms. The number of hydrogen-bond donors (Lipinski definition) is 2. The highest BCUT2D eigenvalue weighted by molar-refractivity contribution is 6.63. The van der Waals surface area contributed by atoms with Gasteiger partial charge in [-0.2, -0.15) is 0 Å². The van der Waals surface area contributed by atoms with Gasteiger partial charge in [0.25, 0.3) is 0 Å². The van der Waals surface area contributed by atoms with Crippen LogP contribution in [0.15, 0.2) is 0 Å². The molecule has 1 aromatic heterocycles. The van der Waals surface area contributed by atoms with Gasteiger partial charge in [-0.1, -0.05) is 28.0 Å². The highest BCUT2D eigenvalue weighted by Gasteiger charge is 2.29. The molecule has 1 heterocycles. The Balaban J connectivity index is 2.40. The summed E-state index contributed by atoms with van der Waals surface area (Å²) >= 11 is 6.12. The number of nitrogens with two attached hydrogens (primary N) is 1. The first-order valence-corrected chi connectivity index (χ1v) is 6.76. The summed E-state index contributed by atoms with van der Waals surface area (Å²) in [6.07, 6.45) is 2.40. The average Bonchev–Trinajstić information content (AvgIpc) is 2.81. The van der Waals surface area contributed by atoms with Crippen molar-refractivity contribution in [1.29, 1.82) is 0 Å². The first-order chi connectivity index (χ1) is 9.43. The van der Waals surface area contributed by atoms with Crippen molar-refractivity contribution >= 4 is 68.3 Å². The summed E-state index contributed by atoms with van der Waals surface area (Å²) in [5.74, 6) is -0.696. The number of aromatic nitrogens is 1. The number of aromatic amines is 1. The van der Waals surface area contributed by atoms with E-state index >= 15 is 0 Å². The van der Waals surface area contributed by atoms with Gasteiger partial charge in [0, 0.05) is 16.2 Å². The van der Waals surface area contributed by atoms with Gasteiger partial charge in [0.05, 0.1) is 5.92 Å². The van der Waals surface area contributed by atoms with Gasteiger partial charge in [-0.25, -0.2) is 0 Å². The number of amides is 1. The van der Waals surface area contributed by atoms with Crippen molar-refractivity contribution in [2.45, 2.75) is 25.2 Å². The van der Waals surface area contributed by atoms with Crippen LogP contribution in [0.2, 0.25) is 5.02 Å². The SMILES string of the molecule is [B]c1c(Cl)c([B])c2c3c([nH]c2c1[B])C(C(N)=O)CCC3. The van der Waals surface area contributed by atoms with E-state index in [1.54, 1.807) is 0 Å². The fourth-order valence-corrected chi connectivity index (χ4v) is 3.23. The summed E-state index contributed by atoms with van der Waals surface area (Å²) < 4.78 is 0. The fourth-order valence-electron chi connectivity index (χ4n) is 3.03. The summed E-state index contributed by atoms with van der Waals surface area (Å²) in [6, 6.07) is 0. The van der Waals surface area contributed by atoms with E-state index in [1.165, 1.54) is 0 Å². The lowest BCUT2D eigenvalue weighted by Gasteiger charge is -2.20. The third-order valence-corrected chi connectivity index (χ3v) is 4.46. The van der Waals surface area contributed by atoms with E-state index in [-0.39, 0.29) is 22.3 Å². The van der Waals surface area contributed by atoms with Gasteiger partial charge in [0.1, 0.15) is 23.5 Å². The molecule has 0 spiro atoms. The molecule has 1 unspecified atom stereocenters. The van der Waals surface area contributed by atoms with Crippen LogP contribution >= 0.6 is 11.6 Å². The van der Waals surface area contributed by atoms with Gasteiger partial charge in [0.15, 0.2) is 0 Å². The minimum absolute atomic E-state index is 0.255. The minimum Gasteiger partial charge on any atom is -0.369 e. The van der Waals surface area contributed by atoms with Crippen LogP contribution in [0, 0.1) is 0 Å². The zero-order valence-corrected chi connectivity index (χ0v) is 11.6. The number of halogens is 1. The molecule has 94 valence electrons. The van der Waals surface area contributed by atoms with Crippen LogP contribution in [0.5, 0.6) is 0 Å². The zero-order chi connectivity index (χ0) is 14.6. The number of hydrogen-bond acceptors (Lipinski definition) is 1. The predicted molar refractivity (Wildman–Crippen MR) is 84.3 cm³/mol. The smallest absolute Gasteiger partial charge is 0.226 e. The number of H-pyrrole nitrogens is 1. The molecule has 6 radical (unpaired) electrons. The Morgan fingerprint density at radius 1 is 1.25 bits per heavy atom. The van der Waals surface area contributed by atoms with E-state index in [4.69, 9.17) is 40.9 Å². The number of carbonyl (C=O) groups excluding carboxylic acids is 1. The number of benzene rings is 1. The van der Waals surface area contributed by atoms with Crippen molar-refractivity contribution < 1.29 is 4.79 Å². The van der Waals surface area contributed by atoms with Crippen LogP contribution in [-0.2, 0) is 11.2 Å². The first-order valence-electron chi connectivity index (χ1n) is 6.39. The predicted octanol–water partition coefficient (Wildman–Crippen LogP) is -0.892. The van der Waals surface area contributed by atoms with Crippen molar-refractivity contribution in [2.24, 2.45) is 5.73 Å². The number of primary amides is 1. The number of nitrogens with one attached hydrogen (secondary N) is 1. The summed E-state index contributed by atoms with van der Waals surface area (Å²) in [5, 5.41) is 1.03. The summed E-state index contributed by atoms with van der Waals surface area (Å²) in [4.78, 5) is 14.8. The van der Waals surface area contributed by atoms with Crippen molar-refractivity contribution in [3.8, 4) is 0 Å². The Morgan fingerprint density at radius 2 is 1.95 bits per heavy atom. The second-order valence-corrected chi connectivity index (χ2v) is 5.55. The third-order valence-electron chi connectivity index (χ3n) is 4.05. The van der Waals surface area contributed by atoms with E-state index < -0.39 is 0 Å². The Kier molecular flexibility index (Phi) is 3.16. The number of carbonyl (C=O) groups is 1. The van der Waals surface area contributed by atoms with Crippen LogP contribution in [0.3, 0.4) is 0 Å². The van der Waals surface area contributed by atoms with Gasteiger partial charge in [0.2, 0.25) is 5.91 Å². The summed E-state index contributed by atoms with van der Waals surface area (Å²) in [6.45, 7) is 0. The highest BCUT2D eigenvalue weighted by atomic mass is 35.5. The molecule has 3 N–H and O–H groups in total. The second-order valence-electron chi connectivity index (χ2n) is 5.17. The highest BCUT2D eigenvalue weighted by Crippen LogP contribution is 2.35. The van der Waals surface area contributed by atoms with Gasteiger partial charge in [-0.3, -0.25) is 4.79 Å². The van der Waals surface area contributed by atoms with E-state index in [0.717, 1.165) is 35.9 Å². The van der Waals surface area contributed by atoms with E-state index in [2.05, 4.69) is 4.98 Å². The third kappa shape index (κ3) is 1.74. The quantitative estimate of drug-likeness (QED) is 0.653. The maximum Gasteiger partial charge on any atom is 0.226 e. The van der Waals surface area contributed by atoms with Crippen LogP contribution in [0.1, 0.15) is 30.0 Å². The molecular weight excluding hydrogens is 268 g/mol. The average molecular weight is 278 g/mol. The maximum atomic E-state index is 11.6. The molecule has 3 rings (SSSR count). The Hall–Kier alpha value is -1.29. The van der Waals surface area contributed by atoms with Crippen LogP contribution in [0.25, 0.3) is 10.9 Å². The van der Waals surface area contributed by atoms with Crippen LogP contribution in [0.4, 0.5) is 0 Å². The number of aryl methyl sites for hydroxylation is 1. The Bertz CT molecular complexity index is 741. The van der Waals surface area contributed by atoms with Crippen molar-refractivity contribution in [3.63, 3.8) is 0 Å². The number of fused-ring (bicyclic) bond motifs is 3. The molecule has 0 aliphatic heterocycles. The summed E-state index contributed by atoms with van der Waals surface area (Å²) in [7, 11) is 17.9. The molecule has 0 saturated heterocycles. The largest absolute Gasteiger partial charge is 0.369 e. The van der Waals surface area contributed by atoms with Gasteiger partial charge >= 0.3 is 0 Å². The van der Waals surface area contributed by atoms with Crippen molar-refractivity contribution in [3.05, 3.63) is 16.3 Å². The first kappa shape index (κ1) is 13.7.